The van der Waals surface area contributed by atoms with Gasteiger partial charge in [0.05, 0.1) is 5.69 Å². The highest BCUT2D eigenvalue weighted by molar-refractivity contribution is 5.57. The Morgan fingerprint density at radius 2 is 2.10 bits per heavy atom. The van der Waals surface area contributed by atoms with Crippen LogP contribution in [0.5, 0.6) is 0 Å². The third-order valence-corrected chi connectivity index (χ3v) is 3.21. The molecule has 3 aromatic rings. The number of aromatic nitrogens is 5. The van der Waals surface area contributed by atoms with Gasteiger partial charge in [-0.2, -0.15) is 5.10 Å². The second-order valence-electron chi connectivity index (χ2n) is 4.92. The average molecular weight is 279 g/mol. The minimum absolute atomic E-state index is 0.719. The fourth-order valence-corrected chi connectivity index (χ4v) is 2.16. The quantitative estimate of drug-likeness (QED) is 0.779. The summed E-state index contributed by atoms with van der Waals surface area (Å²) in [6, 6.07) is 7.99. The maximum atomic E-state index is 4.49. The van der Waals surface area contributed by atoms with E-state index in [4.69, 9.17) is 0 Å². The lowest BCUT2D eigenvalue weighted by Crippen LogP contribution is -1.93. The molecule has 0 aliphatic rings. The highest BCUT2D eigenvalue weighted by Crippen LogP contribution is 2.16. The van der Waals surface area contributed by atoms with E-state index in [1.54, 1.807) is 6.20 Å². The third kappa shape index (κ3) is 3.31. The van der Waals surface area contributed by atoms with Crippen LogP contribution in [-0.2, 0) is 12.8 Å². The van der Waals surface area contributed by atoms with Crippen molar-refractivity contribution in [3.63, 3.8) is 0 Å². The van der Waals surface area contributed by atoms with Gasteiger partial charge in [0.25, 0.3) is 0 Å². The van der Waals surface area contributed by atoms with Crippen LogP contribution >= 0.6 is 0 Å². The number of rotatable bonds is 5. The molecule has 0 aliphatic carbocycles. The molecule has 0 bridgehead atoms. The van der Waals surface area contributed by atoms with Crippen molar-refractivity contribution >= 4 is 0 Å². The lowest BCUT2D eigenvalue weighted by atomic mass is 10.1. The molecular formula is C16H17N5. The summed E-state index contributed by atoms with van der Waals surface area (Å²) in [5.41, 5.74) is 3.06. The van der Waals surface area contributed by atoms with Gasteiger partial charge in [-0.25, -0.2) is 4.98 Å². The van der Waals surface area contributed by atoms with E-state index in [-0.39, 0.29) is 0 Å². The van der Waals surface area contributed by atoms with Gasteiger partial charge in [-0.1, -0.05) is 13.0 Å². The van der Waals surface area contributed by atoms with Gasteiger partial charge in [0.1, 0.15) is 5.82 Å². The van der Waals surface area contributed by atoms with Gasteiger partial charge >= 0.3 is 0 Å². The summed E-state index contributed by atoms with van der Waals surface area (Å²) in [5, 5.41) is 7.19. The van der Waals surface area contributed by atoms with Gasteiger partial charge in [0, 0.05) is 37.0 Å². The van der Waals surface area contributed by atoms with Crippen molar-refractivity contribution in [2.24, 2.45) is 0 Å². The Balaban J connectivity index is 1.72. The first-order chi connectivity index (χ1) is 10.3. The largest absolute Gasteiger partial charge is 0.264 e. The summed E-state index contributed by atoms with van der Waals surface area (Å²) in [4.78, 5) is 13.1. The van der Waals surface area contributed by atoms with Crippen LogP contribution in [0.2, 0.25) is 0 Å². The number of hydrogen-bond acceptors (Lipinski definition) is 4. The molecule has 0 aromatic carbocycles. The van der Waals surface area contributed by atoms with Crippen molar-refractivity contribution in [3.8, 4) is 11.3 Å². The Labute approximate surface area is 123 Å². The molecule has 1 N–H and O–H groups in total. The topological polar surface area (TPSA) is 67.3 Å². The molecule has 0 saturated heterocycles. The molecule has 21 heavy (non-hydrogen) atoms. The number of aryl methyl sites for hydroxylation is 1. The second-order valence-corrected chi connectivity index (χ2v) is 4.92. The van der Waals surface area contributed by atoms with Gasteiger partial charge in [-0.15, -0.1) is 0 Å². The maximum absolute atomic E-state index is 4.49. The van der Waals surface area contributed by atoms with Gasteiger partial charge < -0.3 is 0 Å². The molecule has 0 radical (unpaired) electrons. The van der Waals surface area contributed by atoms with E-state index in [0.29, 0.717) is 0 Å². The molecule has 5 nitrogen and oxygen atoms in total. The van der Waals surface area contributed by atoms with Gasteiger partial charge in [0.15, 0.2) is 5.82 Å². The van der Waals surface area contributed by atoms with Gasteiger partial charge in [0.2, 0.25) is 0 Å². The number of pyridine rings is 2. The van der Waals surface area contributed by atoms with Crippen LogP contribution in [0.15, 0.2) is 42.9 Å². The number of hydrogen-bond donors (Lipinski definition) is 1. The summed E-state index contributed by atoms with van der Waals surface area (Å²) in [7, 11) is 0. The molecule has 0 amide bonds. The number of nitrogens with one attached hydrogen (secondary N) is 1. The van der Waals surface area contributed by atoms with Gasteiger partial charge in [-0.05, 0) is 30.2 Å². The highest BCUT2D eigenvalue weighted by Gasteiger charge is 2.05. The molecule has 5 heteroatoms. The molecule has 3 aromatic heterocycles. The van der Waals surface area contributed by atoms with Crippen LogP contribution in [0.3, 0.4) is 0 Å². The average Bonchev–Trinajstić information content (AvgIpc) is 2.97. The summed E-state index contributed by atoms with van der Waals surface area (Å²) < 4.78 is 0. The SMILES string of the molecule is CCCc1n[nH]c(Cc2ccc(-c3cccnc3)nc2)n1. The normalized spacial score (nSPS) is 10.7. The zero-order valence-electron chi connectivity index (χ0n) is 12.0. The summed E-state index contributed by atoms with van der Waals surface area (Å²) >= 11 is 0. The Kier molecular flexibility index (Phi) is 4.00. The van der Waals surface area contributed by atoms with Crippen LogP contribution in [0.1, 0.15) is 30.6 Å². The van der Waals surface area contributed by atoms with Crippen LogP contribution in [0.4, 0.5) is 0 Å². The van der Waals surface area contributed by atoms with E-state index in [0.717, 1.165) is 47.7 Å². The first-order valence-electron chi connectivity index (χ1n) is 7.10. The molecule has 3 rings (SSSR count). The maximum Gasteiger partial charge on any atom is 0.150 e. The number of H-pyrrole nitrogens is 1. The van der Waals surface area contributed by atoms with Crippen LogP contribution in [-0.4, -0.2) is 25.1 Å². The summed E-state index contributed by atoms with van der Waals surface area (Å²) in [6.45, 7) is 2.12. The Bertz CT molecular complexity index is 688. The van der Waals surface area contributed by atoms with Crippen molar-refractivity contribution in [2.45, 2.75) is 26.2 Å². The first-order valence-corrected chi connectivity index (χ1v) is 7.10. The second kappa shape index (κ2) is 6.26. The molecule has 0 aliphatic heterocycles. The lowest BCUT2D eigenvalue weighted by Gasteiger charge is -2.02. The van der Waals surface area contributed by atoms with Crippen molar-refractivity contribution < 1.29 is 0 Å². The molecule has 106 valence electrons. The molecule has 0 unspecified atom stereocenters. The van der Waals surface area contributed by atoms with E-state index < -0.39 is 0 Å². The minimum atomic E-state index is 0.719. The molecule has 0 fully saturated rings. The standard InChI is InChI=1S/C16H17N5/c1-2-4-15-19-16(21-20-15)9-12-6-7-14(18-10-12)13-5-3-8-17-11-13/h3,5-8,10-11H,2,4,9H2,1H3,(H,19,20,21). The molecular weight excluding hydrogens is 262 g/mol. The van der Waals surface area contributed by atoms with Crippen molar-refractivity contribution in [2.75, 3.05) is 0 Å². The fourth-order valence-electron chi connectivity index (χ4n) is 2.16. The van der Waals surface area contributed by atoms with E-state index in [2.05, 4.69) is 38.1 Å². The van der Waals surface area contributed by atoms with Gasteiger partial charge in [-0.3, -0.25) is 15.1 Å². The van der Waals surface area contributed by atoms with Crippen LogP contribution in [0, 0.1) is 0 Å². The van der Waals surface area contributed by atoms with Crippen molar-refractivity contribution in [1.82, 2.24) is 25.1 Å². The van der Waals surface area contributed by atoms with E-state index in [1.807, 2.05) is 30.6 Å². The Hall–Kier alpha value is -2.56. The van der Waals surface area contributed by atoms with Crippen LogP contribution in [0.25, 0.3) is 11.3 Å². The monoisotopic (exact) mass is 279 g/mol. The lowest BCUT2D eigenvalue weighted by molar-refractivity contribution is 0.841. The Morgan fingerprint density at radius 3 is 2.81 bits per heavy atom. The van der Waals surface area contributed by atoms with E-state index in [9.17, 15) is 0 Å². The zero-order valence-corrected chi connectivity index (χ0v) is 12.0. The number of nitrogens with zero attached hydrogens (tertiary/aromatic N) is 4. The first kappa shape index (κ1) is 13.4. The van der Waals surface area contributed by atoms with Crippen molar-refractivity contribution in [1.29, 1.82) is 0 Å². The summed E-state index contributed by atoms with van der Waals surface area (Å²) in [6.07, 6.45) is 8.14. The zero-order chi connectivity index (χ0) is 14.5. The Morgan fingerprint density at radius 1 is 1.14 bits per heavy atom. The van der Waals surface area contributed by atoms with Crippen LogP contribution < -0.4 is 0 Å². The predicted octanol–water partition coefficient (Wildman–Crippen LogP) is 2.81. The fraction of sp³-hybridized carbons (Fsp3) is 0.250. The summed E-state index contributed by atoms with van der Waals surface area (Å²) in [5.74, 6) is 1.77. The highest BCUT2D eigenvalue weighted by atomic mass is 15.2. The molecule has 3 heterocycles. The molecule has 0 atom stereocenters. The van der Waals surface area contributed by atoms with Crippen molar-refractivity contribution in [3.05, 3.63) is 60.1 Å². The smallest absolute Gasteiger partial charge is 0.150 e. The third-order valence-electron chi connectivity index (χ3n) is 3.21. The van der Waals surface area contributed by atoms with E-state index in [1.165, 1.54) is 0 Å². The predicted molar refractivity (Wildman–Crippen MR) is 80.7 cm³/mol. The molecule has 0 saturated carbocycles. The minimum Gasteiger partial charge on any atom is -0.264 e. The van der Waals surface area contributed by atoms with E-state index >= 15 is 0 Å². The number of aromatic amines is 1. The molecule has 0 spiro atoms.